The summed E-state index contributed by atoms with van der Waals surface area (Å²) in [5, 5.41) is 3.07. The quantitative estimate of drug-likeness (QED) is 0.843. The molecule has 0 fully saturated rings. The number of halogens is 1. The Morgan fingerprint density at radius 1 is 1.35 bits per heavy atom. The fourth-order valence-electron chi connectivity index (χ4n) is 1.22. The van der Waals surface area contributed by atoms with E-state index in [4.69, 9.17) is 4.74 Å². The molecule has 1 amide bonds. The number of carbonyl (C=O) groups is 1. The molecule has 1 rings (SSSR count). The Balaban J connectivity index is 0.00000256. The minimum atomic E-state index is 0. The van der Waals surface area contributed by atoms with Crippen molar-refractivity contribution in [2.24, 2.45) is 0 Å². The van der Waals surface area contributed by atoms with Gasteiger partial charge >= 0.3 is 0 Å². The molecule has 0 atom stereocenters. The smallest absolute Gasteiger partial charge is 0.241 e. The van der Waals surface area contributed by atoms with Crippen molar-refractivity contribution < 1.29 is 9.53 Å². The molecule has 0 saturated carbocycles. The zero-order chi connectivity index (χ0) is 11.8. The van der Waals surface area contributed by atoms with Gasteiger partial charge in [0, 0.05) is 26.4 Å². The minimum absolute atomic E-state index is 0. The monoisotopic (exact) mass is 258 g/mol. The van der Waals surface area contributed by atoms with E-state index in [0.29, 0.717) is 19.7 Å². The summed E-state index contributed by atoms with van der Waals surface area (Å²) in [6, 6.07) is 9.67. The number of hydrogen-bond donors (Lipinski definition) is 1. The van der Waals surface area contributed by atoms with Crippen LogP contribution in [-0.2, 0) is 9.53 Å². The number of anilines is 1. The van der Waals surface area contributed by atoms with E-state index in [-0.39, 0.29) is 18.3 Å². The molecule has 0 radical (unpaired) electrons. The van der Waals surface area contributed by atoms with E-state index in [1.54, 1.807) is 19.1 Å². The van der Waals surface area contributed by atoms with E-state index in [1.165, 1.54) is 0 Å². The molecule has 0 unspecified atom stereocenters. The molecule has 0 saturated heterocycles. The van der Waals surface area contributed by atoms with Gasteiger partial charge in [-0.3, -0.25) is 4.79 Å². The maximum atomic E-state index is 11.6. The molecule has 17 heavy (non-hydrogen) atoms. The van der Waals surface area contributed by atoms with Gasteiger partial charge in [0.05, 0.1) is 13.2 Å². The number of hydrogen-bond acceptors (Lipinski definition) is 3. The lowest BCUT2D eigenvalue weighted by atomic mass is 10.3. The van der Waals surface area contributed by atoms with Crippen LogP contribution < -0.4 is 5.32 Å². The SMILES string of the molecule is COCCN(C)C(=O)CNc1ccccc1.Cl. The third kappa shape index (κ3) is 6.14. The summed E-state index contributed by atoms with van der Waals surface area (Å²) in [4.78, 5) is 13.3. The number of carbonyl (C=O) groups excluding carboxylic acids is 1. The van der Waals surface area contributed by atoms with Crippen molar-refractivity contribution in [1.29, 1.82) is 0 Å². The average molecular weight is 259 g/mol. The first-order valence-electron chi connectivity index (χ1n) is 5.26. The van der Waals surface area contributed by atoms with Crippen LogP contribution in [0, 0.1) is 0 Å². The number of ether oxygens (including phenoxy) is 1. The molecule has 96 valence electrons. The highest BCUT2D eigenvalue weighted by molar-refractivity contribution is 5.85. The van der Waals surface area contributed by atoms with E-state index < -0.39 is 0 Å². The maximum absolute atomic E-state index is 11.6. The van der Waals surface area contributed by atoms with Gasteiger partial charge in [0.25, 0.3) is 0 Å². The third-order valence-electron chi connectivity index (χ3n) is 2.27. The fraction of sp³-hybridized carbons (Fsp3) is 0.417. The Kier molecular flexibility index (Phi) is 8.19. The Hall–Kier alpha value is -1.26. The van der Waals surface area contributed by atoms with Crippen molar-refractivity contribution in [2.75, 3.05) is 39.2 Å². The van der Waals surface area contributed by atoms with Gasteiger partial charge < -0.3 is 15.0 Å². The van der Waals surface area contributed by atoms with Crippen molar-refractivity contribution in [3.05, 3.63) is 30.3 Å². The summed E-state index contributed by atoms with van der Waals surface area (Å²) in [5.41, 5.74) is 0.955. The summed E-state index contributed by atoms with van der Waals surface area (Å²) in [6.07, 6.45) is 0. The Labute approximate surface area is 108 Å². The standard InChI is InChI=1S/C12H18N2O2.ClH/c1-14(8-9-16-2)12(15)10-13-11-6-4-3-5-7-11;/h3-7,13H,8-10H2,1-2H3;1H. The van der Waals surface area contributed by atoms with Crippen LogP contribution in [0.1, 0.15) is 0 Å². The number of amides is 1. The minimum Gasteiger partial charge on any atom is -0.383 e. The van der Waals surface area contributed by atoms with Crippen LogP contribution in [0.5, 0.6) is 0 Å². The second-order valence-corrected chi connectivity index (χ2v) is 3.53. The highest BCUT2D eigenvalue weighted by Gasteiger charge is 2.07. The predicted molar refractivity (Wildman–Crippen MR) is 71.7 cm³/mol. The second kappa shape index (κ2) is 8.84. The summed E-state index contributed by atoms with van der Waals surface area (Å²) in [6.45, 7) is 1.49. The summed E-state index contributed by atoms with van der Waals surface area (Å²) < 4.78 is 4.91. The van der Waals surface area contributed by atoms with E-state index >= 15 is 0 Å². The molecule has 0 bridgehead atoms. The number of para-hydroxylation sites is 1. The Morgan fingerprint density at radius 2 is 2.00 bits per heavy atom. The van der Waals surface area contributed by atoms with Crippen LogP contribution >= 0.6 is 12.4 Å². The first-order valence-corrected chi connectivity index (χ1v) is 5.26. The van der Waals surface area contributed by atoms with Crippen LogP contribution in [0.25, 0.3) is 0 Å². The number of nitrogens with one attached hydrogen (secondary N) is 1. The van der Waals surface area contributed by atoms with Gasteiger partial charge in [0.1, 0.15) is 0 Å². The first-order chi connectivity index (χ1) is 7.74. The number of likely N-dealkylation sites (N-methyl/N-ethyl adjacent to an activating group) is 1. The van der Waals surface area contributed by atoms with Crippen LogP contribution in [0.3, 0.4) is 0 Å². The summed E-state index contributed by atoms with van der Waals surface area (Å²) in [7, 11) is 3.40. The summed E-state index contributed by atoms with van der Waals surface area (Å²) in [5.74, 6) is 0.0564. The lowest BCUT2D eigenvalue weighted by Gasteiger charge is -2.17. The average Bonchev–Trinajstić information content (AvgIpc) is 2.34. The van der Waals surface area contributed by atoms with Gasteiger partial charge in [-0.15, -0.1) is 12.4 Å². The highest BCUT2D eigenvalue weighted by Crippen LogP contribution is 2.04. The number of rotatable bonds is 6. The third-order valence-corrected chi connectivity index (χ3v) is 2.27. The van der Waals surface area contributed by atoms with Gasteiger partial charge in [-0.25, -0.2) is 0 Å². The normalized spacial score (nSPS) is 9.29. The van der Waals surface area contributed by atoms with Crippen LogP contribution in [-0.4, -0.2) is 44.7 Å². The Morgan fingerprint density at radius 3 is 2.59 bits per heavy atom. The molecular weight excluding hydrogens is 240 g/mol. The fourth-order valence-corrected chi connectivity index (χ4v) is 1.22. The van der Waals surface area contributed by atoms with E-state index in [0.717, 1.165) is 5.69 Å². The van der Waals surface area contributed by atoms with Crippen molar-refractivity contribution in [3.8, 4) is 0 Å². The maximum Gasteiger partial charge on any atom is 0.241 e. The van der Waals surface area contributed by atoms with Crippen molar-refractivity contribution in [1.82, 2.24) is 4.90 Å². The number of benzene rings is 1. The van der Waals surface area contributed by atoms with Gasteiger partial charge in [-0.2, -0.15) is 0 Å². The van der Waals surface area contributed by atoms with Crippen LogP contribution in [0.2, 0.25) is 0 Å². The van der Waals surface area contributed by atoms with Gasteiger partial charge in [0.15, 0.2) is 0 Å². The second-order valence-electron chi connectivity index (χ2n) is 3.53. The van der Waals surface area contributed by atoms with E-state index in [9.17, 15) is 4.79 Å². The molecule has 1 aromatic carbocycles. The predicted octanol–water partition coefficient (Wildman–Crippen LogP) is 1.63. The molecule has 5 heteroatoms. The molecule has 1 N–H and O–H groups in total. The largest absolute Gasteiger partial charge is 0.383 e. The lowest BCUT2D eigenvalue weighted by molar-refractivity contribution is -0.128. The van der Waals surface area contributed by atoms with Gasteiger partial charge in [-0.1, -0.05) is 18.2 Å². The zero-order valence-electron chi connectivity index (χ0n) is 10.2. The molecular formula is C12H19ClN2O2. The summed E-state index contributed by atoms with van der Waals surface area (Å²) >= 11 is 0. The number of nitrogens with zero attached hydrogens (tertiary/aromatic N) is 1. The van der Waals surface area contributed by atoms with Gasteiger partial charge in [-0.05, 0) is 12.1 Å². The molecule has 0 spiro atoms. The molecule has 1 aromatic rings. The Bertz CT molecular complexity index is 320. The highest BCUT2D eigenvalue weighted by atomic mass is 35.5. The van der Waals surface area contributed by atoms with E-state index in [2.05, 4.69) is 5.32 Å². The van der Waals surface area contributed by atoms with Gasteiger partial charge in [0.2, 0.25) is 5.91 Å². The van der Waals surface area contributed by atoms with Crippen molar-refractivity contribution in [3.63, 3.8) is 0 Å². The van der Waals surface area contributed by atoms with Crippen LogP contribution in [0.4, 0.5) is 5.69 Å². The van der Waals surface area contributed by atoms with E-state index in [1.807, 2.05) is 30.3 Å². The van der Waals surface area contributed by atoms with Crippen LogP contribution in [0.15, 0.2) is 30.3 Å². The molecule has 0 aromatic heterocycles. The molecule has 0 heterocycles. The molecule has 4 nitrogen and oxygen atoms in total. The van der Waals surface area contributed by atoms with Crippen molar-refractivity contribution >= 4 is 24.0 Å². The zero-order valence-corrected chi connectivity index (χ0v) is 11.0. The molecule has 0 aliphatic rings. The molecule has 0 aliphatic heterocycles. The molecule has 0 aliphatic carbocycles. The van der Waals surface area contributed by atoms with Crippen molar-refractivity contribution in [2.45, 2.75) is 0 Å². The number of methoxy groups -OCH3 is 1. The topological polar surface area (TPSA) is 41.6 Å². The first kappa shape index (κ1) is 15.7. The lowest BCUT2D eigenvalue weighted by Crippen LogP contribution is -2.34.